The van der Waals surface area contributed by atoms with Crippen molar-refractivity contribution in [1.82, 2.24) is 4.98 Å². The van der Waals surface area contributed by atoms with Gasteiger partial charge in [-0.3, -0.25) is 9.59 Å². The lowest BCUT2D eigenvalue weighted by Gasteiger charge is -2.12. The molecule has 2 aromatic rings. The van der Waals surface area contributed by atoms with E-state index in [9.17, 15) is 9.59 Å². The summed E-state index contributed by atoms with van der Waals surface area (Å²) < 4.78 is 0. The van der Waals surface area contributed by atoms with Gasteiger partial charge >= 0.3 is 0 Å². The molecule has 0 spiro atoms. The van der Waals surface area contributed by atoms with E-state index in [1.165, 1.54) is 0 Å². The van der Waals surface area contributed by atoms with Gasteiger partial charge in [0.05, 0.1) is 11.1 Å². The minimum atomic E-state index is -0.621. The molecule has 1 aromatic heterocycles. The van der Waals surface area contributed by atoms with Crippen LogP contribution in [0.3, 0.4) is 0 Å². The second-order valence-corrected chi connectivity index (χ2v) is 5.44. The second-order valence-electron chi connectivity index (χ2n) is 5.44. The van der Waals surface area contributed by atoms with Gasteiger partial charge in [0, 0.05) is 5.69 Å². The summed E-state index contributed by atoms with van der Waals surface area (Å²) in [7, 11) is 0. The van der Waals surface area contributed by atoms with Gasteiger partial charge in [-0.2, -0.15) is 0 Å². The van der Waals surface area contributed by atoms with Crippen LogP contribution in [0.1, 0.15) is 51.7 Å². The summed E-state index contributed by atoms with van der Waals surface area (Å²) in [5, 5.41) is 2.69. The highest BCUT2D eigenvalue weighted by Crippen LogP contribution is 2.20. The number of carbonyl (C=O) groups is 2. The molecule has 114 valence electrons. The number of aryl methyl sites for hydroxylation is 1. The summed E-state index contributed by atoms with van der Waals surface area (Å²) in [5.41, 5.74) is 7.63. The molecule has 2 amide bonds. The fraction of sp³-hybridized carbons (Fsp3) is 0.235. The standard InChI is InChI=1S/C17H19N3O2/c1-10(2)12-7-8-13(14(9-12)16(18)21)17(22)20-15-6-4-5-11(3)19-15/h4-10H,1-3H3,(H2,18,21)(H,19,20,22). The monoisotopic (exact) mass is 297 g/mol. The van der Waals surface area contributed by atoms with Gasteiger partial charge in [0.15, 0.2) is 0 Å². The largest absolute Gasteiger partial charge is 0.366 e. The van der Waals surface area contributed by atoms with E-state index in [2.05, 4.69) is 10.3 Å². The van der Waals surface area contributed by atoms with Crippen LogP contribution in [0.25, 0.3) is 0 Å². The molecule has 0 aliphatic heterocycles. The van der Waals surface area contributed by atoms with E-state index in [0.717, 1.165) is 11.3 Å². The molecule has 0 fully saturated rings. The van der Waals surface area contributed by atoms with Crippen molar-refractivity contribution in [3.63, 3.8) is 0 Å². The van der Waals surface area contributed by atoms with Gasteiger partial charge in [0.2, 0.25) is 5.91 Å². The van der Waals surface area contributed by atoms with Crippen molar-refractivity contribution < 1.29 is 9.59 Å². The van der Waals surface area contributed by atoms with Crippen molar-refractivity contribution in [3.05, 3.63) is 58.8 Å². The zero-order valence-corrected chi connectivity index (χ0v) is 12.9. The Balaban J connectivity index is 2.34. The third kappa shape index (κ3) is 3.49. The van der Waals surface area contributed by atoms with E-state index < -0.39 is 11.8 Å². The first-order valence-corrected chi connectivity index (χ1v) is 7.07. The highest BCUT2D eigenvalue weighted by molar-refractivity contribution is 6.11. The third-order valence-electron chi connectivity index (χ3n) is 3.35. The minimum absolute atomic E-state index is 0.219. The number of nitrogens with two attached hydrogens (primary N) is 1. The number of rotatable bonds is 4. The molecule has 0 aliphatic carbocycles. The summed E-state index contributed by atoms with van der Waals surface area (Å²) in [6.45, 7) is 5.86. The molecule has 5 nitrogen and oxygen atoms in total. The first-order chi connectivity index (χ1) is 10.4. The molecular formula is C17H19N3O2. The van der Waals surface area contributed by atoms with Gasteiger partial charge in [-0.15, -0.1) is 0 Å². The maximum atomic E-state index is 12.4. The highest BCUT2D eigenvalue weighted by Gasteiger charge is 2.17. The van der Waals surface area contributed by atoms with Crippen molar-refractivity contribution >= 4 is 17.6 Å². The lowest BCUT2D eigenvalue weighted by Crippen LogP contribution is -2.21. The molecule has 0 unspecified atom stereocenters. The molecule has 1 heterocycles. The van der Waals surface area contributed by atoms with Crippen molar-refractivity contribution in [1.29, 1.82) is 0 Å². The Morgan fingerprint density at radius 2 is 1.86 bits per heavy atom. The molecular weight excluding hydrogens is 278 g/mol. The summed E-state index contributed by atoms with van der Waals surface area (Å²) in [6.07, 6.45) is 0. The number of aromatic nitrogens is 1. The topological polar surface area (TPSA) is 85.1 Å². The lowest BCUT2D eigenvalue weighted by atomic mass is 9.96. The number of nitrogens with zero attached hydrogens (tertiary/aromatic N) is 1. The molecule has 1 aromatic carbocycles. The SMILES string of the molecule is Cc1cccc(NC(=O)c2ccc(C(C)C)cc2C(N)=O)n1. The van der Waals surface area contributed by atoms with Crippen LogP contribution in [0, 0.1) is 6.92 Å². The van der Waals surface area contributed by atoms with E-state index in [1.807, 2.05) is 32.9 Å². The zero-order valence-electron chi connectivity index (χ0n) is 12.9. The van der Waals surface area contributed by atoms with Gasteiger partial charge in [0.25, 0.3) is 5.91 Å². The van der Waals surface area contributed by atoms with Gasteiger partial charge in [0.1, 0.15) is 5.82 Å². The normalized spacial score (nSPS) is 10.5. The third-order valence-corrected chi connectivity index (χ3v) is 3.35. The van der Waals surface area contributed by atoms with E-state index in [4.69, 9.17) is 5.73 Å². The molecule has 2 rings (SSSR count). The summed E-state index contributed by atoms with van der Waals surface area (Å²) >= 11 is 0. The minimum Gasteiger partial charge on any atom is -0.366 e. The molecule has 0 atom stereocenters. The number of primary amides is 1. The Morgan fingerprint density at radius 3 is 2.45 bits per heavy atom. The maximum absolute atomic E-state index is 12.4. The Morgan fingerprint density at radius 1 is 1.14 bits per heavy atom. The van der Waals surface area contributed by atoms with E-state index in [0.29, 0.717) is 5.82 Å². The van der Waals surface area contributed by atoms with Crippen molar-refractivity contribution in [3.8, 4) is 0 Å². The van der Waals surface area contributed by atoms with E-state index in [-0.39, 0.29) is 17.0 Å². The van der Waals surface area contributed by atoms with Gasteiger partial charge in [-0.1, -0.05) is 26.0 Å². The van der Waals surface area contributed by atoms with Gasteiger partial charge in [-0.05, 0) is 42.7 Å². The molecule has 5 heteroatoms. The fourth-order valence-electron chi connectivity index (χ4n) is 2.12. The van der Waals surface area contributed by atoms with Crippen LogP contribution in [-0.4, -0.2) is 16.8 Å². The van der Waals surface area contributed by atoms with Crippen LogP contribution in [0.2, 0.25) is 0 Å². The average Bonchev–Trinajstić information content (AvgIpc) is 2.46. The summed E-state index contributed by atoms with van der Waals surface area (Å²) in [5.74, 6) is -0.339. The van der Waals surface area contributed by atoms with E-state index in [1.54, 1.807) is 24.3 Å². The van der Waals surface area contributed by atoms with Gasteiger partial charge in [-0.25, -0.2) is 4.98 Å². The first kappa shape index (κ1) is 15.7. The molecule has 0 saturated carbocycles. The van der Waals surface area contributed by atoms with Crippen molar-refractivity contribution in [2.75, 3.05) is 5.32 Å². The van der Waals surface area contributed by atoms with Crippen LogP contribution in [-0.2, 0) is 0 Å². The predicted octanol–water partition coefficient (Wildman–Crippen LogP) is 2.86. The molecule has 0 aliphatic rings. The van der Waals surface area contributed by atoms with Crippen molar-refractivity contribution in [2.45, 2.75) is 26.7 Å². The average molecular weight is 297 g/mol. The zero-order chi connectivity index (χ0) is 16.3. The first-order valence-electron chi connectivity index (χ1n) is 7.07. The predicted molar refractivity (Wildman–Crippen MR) is 86.0 cm³/mol. The Hall–Kier alpha value is -2.69. The number of pyridine rings is 1. The molecule has 0 radical (unpaired) electrons. The molecule has 0 bridgehead atoms. The Bertz CT molecular complexity index is 724. The summed E-state index contributed by atoms with van der Waals surface area (Å²) in [4.78, 5) is 28.2. The highest BCUT2D eigenvalue weighted by atomic mass is 16.2. The number of hydrogen-bond donors (Lipinski definition) is 2. The smallest absolute Gasteiger partial charge is 0.257 e. The van der Waals surface area contributed by atoms with Crippen LogP contribution in [0.15, 0.2) is 36.4 Å². The Kier molecular flexibility index (Phi) is 4.56. The van der Waals surface area contributed by atoms with Crippen LogP contribution in [0.5, 0.6) is 0 Å². The van der Waals surface area contributed by atoms with Crippen LogP contribution in [0.4, 0.5) is 5.82 Å². The maximum Gasteiger partial charge on any atom is 0.257 e. The molecule has 22 heavy (non-hydrogen) atoms. The Labute approximate surface area is 129 Å². The number of anilines is 1. The second kappa shape index (κ2) is 6.39. The van der Waals surface area contributed by atoms with Crippen LogP contribution < -0.4 is 11.1 Å². The quantitative estimate of drug-likeness (QED) is 0.910. The van der Waals surface area contributed by atoms with Gasteiger partial charge < -0.3 is 11.1 Å². The number of benzene rings is 1. The number of amides is 2. The molecule has 0 saturated heterocycles. The molecule has 3 N–H and O–H groups in total. The number of nitrogens with one attached hydrogen (secondary N) is 1. The summed E-state index contributed by atoms with van der Waals surface area (Å²) in [6, 6.07) is 10.5. The number of hydrogen-bond acceptors (Lipinski definition) is 3. The number of carbonyl (C=O) groups excluding carboxylic acids is 2. The lowest BCUT2D eigenvalue weighted by molar-refractivity contribution is 0.0977. The fourth-order valence-corrected chi connectivity index (χ4v) is 2.12. The van der Waals surface area contributed by atoms with Crippen molar-refractivity contribution in [2.24, 2.45) is 5.73 Å². The van der Waals surface area contributed by atoms with E-state index >= 15 is 0 Å². The van der Waals surface area contributed by atoms with Crippen LogP contribution >= 0.6 is 0 Å².